The van der Waals surface area contributed by atoms with Gasteiger partial charge < -0.3 is 19.3 Å². The quantitative estimate of drug-likeness (QED) is 0.688. The van der Waals surface area contributed by atoms with E-state index in [0.717, 1.165) is 19.3 Å². The lowest BCUT2D eigenvalue weighted by Crippen LogP contribution is -2.30. The van der Waals surface area contributed by atoms with Crippen LogP contribution < -0.4 is 0 Å². The maximum Gasteiger partial charge on any atom is 0.270 e. The molecule has 1 rings (SSSR count). The Morgan fingerprint density at radius 3 is 2.89 bits per heavy atom. The molecule has 0 aromatic carbocycles. The van der Waals surface area contributed by atoms with Crippen LogP contribution >= 0.6 is 0 Å². The molecule has 0 saturated carbocycles. The fourth-order valence-corrected chi connectivity index (χ4v) is 1.93. The van der Waals surface area contributed by atoms with Gasteiger partial charge in [-0.05, 0) is 31.4 Å². The predicted molar refractivity (Wildman–Crippen MR) is 74.2 cm³/mol. The maximum atomic E-state index is 12.3. The van der Waals surface area contributed by atoms with Crippen LogP contribution in [0.1, 0.15) is 29.8 Å². The van der Waals surface area contributed by atoms with Crippen LogP contribution in [0.5, 0.6) is 0 Å². The number of nitrogens with zero attached hydrogens (tertiary/aromatic N) is 2. The zero-order chi connectivity index (χ0) is 14.1. The first kappa shape index (κ1) is 15.7. The van der Waals surface area contributed by atoms with E-state index < -0.39 is 0 Å². The monoisotopic (exact) mass is 268 g/mol. The molecule has 0 fully saturated rings. The number of amides is 1. The van der Waals surface area contributed by atoms with Gasteiger partial charge in [0.15, 0.2) is 0 Å². The van der Waals surface area contributed by atoms with Gasteiger partial charge in [0.05, 0.1) is 6.61 Å². The van der Waals surface area contributed by atoms with Crippen LogP contribution in [0.25, 0.3) is 0 Å². The minimum absolute atomic E-state index is 0.0325. The van der Waals surface area contributed by atoms with Gasteiger partial charge in [0, 0.05) is 40.1 Å². The van der Waals surface area contributed by atoms with Gasteiger partial charge in [-0.3, -0.25) is 4.79 Å². The summed E-state index contributed by atoms with van der Waals surface area (Å²) in [6.45, 7) is 2.21. The fourth-order valence-electron chi connectivity index (χ4n) is 1.93. The Morgan fingerprint density at radius 1 is 1.42 bits per heavy atom. The lowest BCUT2D eigenvalue weighted by atomic mass is 10.2. The third-order valence-electron chi connectivity index (χ3n) is 3.08. The summed E-state index contributed by atoms with van der Waals surface area (Å²) in [7, 11) is 3.47. The number of aliphatic hydroxyl groups excluding tert-OH is 1. The Balaban J connectivity index is 2.49. The molecule has 0 saturated heterocycles. The molecule has 5 heteroatoms. The van der Waals surface area contributed by atoms with Crippen molar-refractivity contribution >= 4 is 5.91 Å². The minimum atomic E-state index is 0.0325. The Labute approximate surface area is 114 Å². The molecule has 0 bridgehead atoms. The second-order valence-electron chi connectivity index (χ2n) is 4.59. The number of carbonyl (C=O) groups is 1. The van der Waals surface area contributed by atoms with Crippen LogP contribution in [0.2, 0.25) is 0 Å². The second-order valence-corrected chi connectivity index (χ2v) is 4.59. The summed E-state index contributed by atoms with van der Waals surface area (Å²) in [5, 5.41) is 8.71. The van der Waals surface area contributed by atoms with Gasteiger partial charge in [-0.15, -0.1) is 0 Å². The zero-order valence-corrected chi connectivity index (χ0v) is 11.8. The summed E-state index contributed by atoms with van der Waals surface area (Å²) >= 11 is 0. The summed E-state index contributed by atoms with van der Waals surface area (Å²) in [5.74, 6) is 0.0325. The lowest BCUT2D eigenvalue weighted by molar-refractivity contribution is 0.0779. The van der Waals surface area contributed by atoms with Crippen molar-refractivity contribution < 1.29 is 14.6 Å². The van der Waals surface area contributed by atoms with Gasteiger partial charge in [-0.2, -0.15) is 0 Å². The molecule has 0 aliphatic rings. The van der Waals surface area contributed by atoms with Crippen molar-refractivity contribution in [3.63, 3.8) is 0 Å². The molecule has 0 aliphatic heterocycles. The van der Waals surface area contributed by atoms with E-state index in [1.54, 1.807) is 12.0 Å². The van der Waals surface area contributed by atoms with Crippen molar-refractivity contribution in [1.82, 2.24) is 9.47 Å². The molecule has 1 aromatic heterocycles. The molecular formula is C14H24N2O3. The van der Waals surface area contributed by atoms with Gasteiger partial charge in [0.1, 0.15) is 5.69 Å². The highest BCUT2D eigenvalue weighted by atomic mass is 16.5. The summed E-state index contributed by atoms with van der Waals surface area (Å²) in [6, 6.07) is 3.71. The summed E-state index contributed by atoms with van der Waals surface area (Å²) in [4.78, 5) is 14.0. The Morgan fingerprint density at radius 2 is 2.21 bits per heavy atom. The van der Waals surface area contributed by atoms with Crippen LogP contribution in [0.4, 0.5) is 0 Å². The Bertz CT molecular complexity index is 377. The summed E-state index contributed by atoms with van der Waals surface area (Å²) in [5.41, 5.74) is 0.696. The number of carbonyl (C=O) groups excluding carboxylic acids is 1. The number of rotatable bonds is 9. The van der Waals surface area contributed by atoms with E-state index in [0.29, 0.717) is 25.4 Å². The average molecular weight is 268 g/mol. The van der Waals surface area contributed by atoms with Crippen LogP contribution in [0, 0.1) is 0 Å². The van der Waals surface area contributed by atoms with E-state index in [9.17, 15) is 4.79 Å². The average Bonchev–Trinajstić information content (AvgIpc) is 2.88. The molecule has 0 spiro atoms. The lowest BCUT2D eigenvalue weighted by Gasteiger charge is -2.18. The van der Waals surface area contributed by atoms with E-state index in [1.165, 1.54) is 0 Å². The van der Waals surface area contributed by atoms with Gasteiger partial charge in [0.25, 0.3) is 5.91 Å². The maximum absolute atomic E-state index is 12.3. The summed E-state index contributed by atoms with van der Waals surface area (Å²) in [6.07, 6.45) is 4.55. The second kappa shape index (κ2) is 8.72. The van der Waals surface area contributed by atoms with Crippen molar-refractivity contribution in [2.75, 3.05) is 33.9 Å². The topological polar surface area (TPSA) is 54.7 Å². The molecule has 1 aromatic rings. The predicted octanol–water partition coefficient (Wildman–Crippen LogP) is 1.37. The minimum Gasteiger partial charge on any atom is -0.396 e. The van der Waals surface area contributed by atoms with Crippen LogP contribution in [0.15, 0.2) is 18.3 Å². The van der Waals surface area contributed by atoms with E-state index in [2.05, 4.69) is 0 Å². The van der Waals surface area contributed by atoms with Crippen molar-refractivity contribution in [3.05, 3.63) is 24.0 Å². The molecule has 0 radical (unpaired) electrons. The number of unbranched alkanes of at least 4 members (excludes halogenated alkanes) is 2. The van der Waals surface area contributed by atoms with Crippen molar-refractivity contribution in [2.24, 2.45) is 0 Å². The molecule has 108 valence electrons. The number of aromatic nitrogens is 1. The van der Waals surface area contributed by atoms with E-state index >= 15 is 0 Å². The van der Waals surface area contributed by atoms with Gasteiger partial charge in [0.2, 0.25) is 0 Å². The third-order valence-corrected chi connectivity index (χ3v) is 3.08. The Hall–Kier alpha value is -1.33. The number of hydrogen-bond donors (Lipinski definition) is 1. The van der Waals surface area contributed by atoms with Gasteiger partial charge in [-0.1, -0.05) is 0 Å². The SMILES string of the molecule is COCCn1cccc1C(=O)N(C)CCCCCO. The highest BCUT2D eigenvalue weighted by molar-refractivity contribution is 5.92. The largest absolute Gasteiger partial charge is 0.396 e. The molecule has 0 aliphatic carbocycles. The van der Waals surface area contributed by atoms with E-state index in [4.69, 9.17) is 9.84 Å². The smallest absolute Gasteiger partial charge is 0.270 e. The van der Waals surface area contributed by atoms with Gasteiger partial charge in [-0.25, -0.2) is 0 Å². The molecule has 5 nitrogen and oxygen atoms in total. The number of methoxy groups -OCH3 is 1. The van der Waals surface area contributed by atoms with Crippen LogP contribution in [-0.2, 0) is 11.3 Å². The highest BCUT2D eigenvalue weighted by Crippen LogP contribution is 2.07. The molecule has 1 heterocycles. The first-order chi connectivity index (χ1) is 9.20. The van der Waals surface area contributed by atoms with Crippen molar-refractivity contribution in [1.29, 1.82) is 0 Å². The van der Waals surface area contributed by atoms with E-state index in [1.807, 2.05) is 29.9 Å². The Kier molecular flexibility index (Phi) is 7.22. The summed E-state index contributed by atoms with van der Waals surface area (Å²) < 4.78 is 6.95. The highest BCUT2D eigenvalue weighted by Gasteiger charge is 2.14. The standard InChI is InChI=1S/C14H24N2O3/c1-15(8-4-3-5-11-17)14(18)13-7-6-9-16(13)10-12-19-2/h6-7,9,17H,3-5,8,10-12H2,1-2H3. The molecule has 0 unspecified atom stereocenters. The van der Waals surface area contributed by atoms with Crippen molar-refractivity contribution in [2.45, 2.75) is 25.8 Å². The molecule has 1 amide bonds. The number of hydrogen-bond acceptors (Lipinski definition) is 3. The van der Waals surface area contributed by atoms with Crippen LogP contribution in [-0.4, -0.2) is 54.4 Å². The molecule has 1 N–H and O–H groups in total. The molecule has 19 heavy (non-hydrogen) atoms. The normalized spacial score (nSPS) is 10.7. The fraction of sp³-hybridized carbons (Fsp3) is 0.643. The van der Waals surface area contributed by atoms with E-state index in [-0.39, 0.29) is 12.5 Å². The number of aliphatic hydroxyl groups is 1. The van der Waals surface area contributed by atoms with Crippen molar-refractivity contribution in [3.8, 4) is 0 Å². The molecular weight excluding hydrogens is 244 g/mol. The first-order valence-corrected chi connectivity index (χ1v) is 6.71. The zero-order valence-electron chi connectivity index (χ0n) is 11.8. The number of ether oxygens (including phenoxy) is 1. The third kappa shape index (κ3) is 5.04. The molecule has 0 atom stereocenters. The first-order valence-electron chi connectivity index (χ1n) is 6.71. The van der Waals surface area contributed by atoms with Crippen LogP contribution in [0.3, 0.4) is 0 Å². The van der Waals surface area contributed by atoms with Gasteiger partial charge >= 0.3 is 0 Å².